The molecule has 0 spiro atoms. The van der Waals surface area contributed by atoms with Crippen LogP contribution in [0, 0.1) is 0 Å². The maximum Gasteiger partial charge on any atom is -0.00201 e. The van der Waals surface area contributed by atoms with Gasteiger partial charge in [0, 0.05) is 0 Å². The van der Waals surface area contributed by atoms with Crippen molar-refractivity contribution >= 4 is 43.1 Å². The van der Waals surface area contributed by atoms with Gasteiger partial charge in [0.25, 0.3) is 0 Å². The summed E-state index contributed by atoms with van der Waals surface area (Å²) in [4.78, 5) is 0. The maximum atomic E-state index is 2.38. The standard InChI is InChI=1S/C46H30/c1-2-12-31(13-3-1)35-17-10-18-36(28-35)37-26-25-33-16-11-23-43(44(33)30-37)46-41-21-8-6-19-39(41)45(40-20-7-9-22-42(40)46)38-27-24-32-14-4-5-15-34(32)29-38/h1-30H. The molecule has 9 rings (SSSR count). The first-order valence-electron chi connectivity index (χ1n) is 15.9. The maximum absolute atomic E-state index is 2.38. The largest absolute Gasteiger partial charge is 0.0622 e. The Kier molecular flexibility index (Phi) is 6.25. The van der Waals surface area contributed by atoms with Gasteiger partial charge in [0.05, 0.1) is 0 Å². The van der Waals surface area contributed by atoms with Crippen molar-refractivity contribution in [3.8, 4) is 44.5 Å². The Bertz CT molecular complexity index is 2520. The first kappa shape index (κ1) is 26.4. The van der Waals surface area contributed by atoms with Crippen molar-refractivity contribution in [1.29, 1.82) is 0 Å². The molecule has 0 amide bonds. The lowest BCUT2D eigenvalue weighted by Gasteiger charge is -2.19. The molecule has 0 heteroatoms. The van der Waals surface area contributed by atoms with Crippen LogP contribution in [0.3, 0.4) is 0 Å². The molecule has 0 radical (unpaired) electrons. The minimum absolute atomic E-state index is 1.22. The summed E-state index contributed by atoms with van der Waals surface area (Å²) in [6.07, 6.45) is 0. The highest BCUT2D eigenvalue weighted by molar-refractivity contribution is 6.24. The molecule has 0 unspecified atom stereocenters. The van der Waals surface area contributed by atoms with E-state index in [1.165, 1.54) is 87.6 Å². The molecule has 0 saturated heterocycles. The van der Waals surface area contributed by atoms with Crippen molar-refractivity contribution in [2.24, 2.45) is 0 Å². The fourth-order valence-corrected chi connectivity index (χ4v) is 7.25. The molecular formula is C46H30. The summed E-state index contributed by atoms with van der Waals surface area (Å²) in [5.74, 6) is 0. The van der Waals surface area contributed by atoms with Crippen molar-refractivity contribution in [2.75, 3.05) is 0 Å². The van der Waals surface area contributed by atoms with Crippen molar-refractivity contribution in [2.45, 2.75) is 0 Å². The van der Waals surface area contributed by atoms with Gasteiger partial charge in [0.15, 0.2) is 0 Å². The third-order valence-electron chi connectivity index (χ3n) is 9.42. The fraction of sp³-hybridized carbons (Fsp3) is 0. The lowest BCUT2D eigenvalue weighted by molar-refractivity contribution is 1.60. The zero-order valence-corrected chi connectivity index (χ0v) is 25.3. The third kappa shape index (κ3) is 4.38. The highest BCUT2D eigenvalue weighted by Crippen LogP contribution is 2.46. The zero-order valence-electron chi connectivity index (χ0n) is 25.3. The van der Waals surface area contributed by atoms with E-state index in [4.69, 9.17) is 0 Å². The quantitative estimate of drug-likeness (QED) is 0.181. The van der Waals surface area contributed by atoms with Crippen LogP contribution in [-0.4, -0.2) is 0 Å². The van der Waals surface area contributed by atoms with E-state index < -0.39 is 0 Å². The Morgan fingerprint density at radius 1 is 0.217 bits per heavy atom. The van der Waals surface area contributed by atoms with E-state index in [-0.39, 0.29) is 0 Å². The molecule has 214 valence electrons. The first-order valence-corrected chi connectivity index (χ1v) is 15.9. The van der Waals surface area contributed by atoms with Crippen molar-refractivity contribution < 1.29 is 0 Å². The Labute approximate surface area is 268 Å². The van der Waals surface area contributed by atoms with E-state index in [9.17, 15) is 0 Å². The minimum atomic E-state index is 1.22. The molecule has 0 N–H and O–H groups in total. The summed E-state index contributed by atoms with van der Waals surface area (Å²) in [5, 5.41) is 10.1. The molecule has 0 fully saturated rings. The minimum Gasteiger partial charge on any atom is -0.0622 e. The van der Waals surface area contributed by atoms with E-state index in [1.807, 2.05) is 0 Å². The molecule has 0 aliphatic heterocycles. The number of rotatable bonds is 4. The topological polar surface area (TPSA) is 0 Å². The third-order valence-corrected chi connectivity index (χ3v) is 9.42. The predicted octanol–water partition coefficient (Wildman–Crippen LogP) is 13.0. The van der Waals surface area contributed by atoms with Gasteiger partial charge in [-0.05, 0) is 106 Å². The highest BCUT2D eigenvalue weighted by atomic mass is 14.2. The second-order valence-electron chi connectivity index (χ2n) is 12.1. The molecule has 46 heavy (non-hydrogen) atoms. The summed E-state index contributed by atoms with van der Waals surface area (Å²) in [5.41, 5.74) is 9.99. The van der Waals surface area contributed by atoms with Crippen LogP contribution >= 0.6 is 0 Å². The highest BCUT2D eigenvalue weighted by Gasteiger charge is 2.18. The van der Waals surface area contributed by atoms with Gasteiger partial charge in [-0.25, -0.2) is 0 Å². The Morgan fingerprint density at radius 3 is 1.46 bits per heavy atom. The number of fused-ring (bicyclic) bond motifs is 4. The molecule has 0 atom stereocenters. The normalized spacial score (nSPS) is 11.5. The summed E-state index contributed by atoms with van der Waals surface area (Å²) >= 11 is 0. The first-order chi connectivity index (χ1) is 22.8. The van der Waals surface area contributed by atoms with E-state index in [1.54, 1.807) is 0 Å². The molecule has 0 bridgehead atoms. The van der Waals surface area contributed by atoms with E-state index in [2.05, 4.69) is 182 Å². The number of hydrogen-bond acceptors (Lipinski definition) is 0. The van der Waals surface area contributed by atoms with Crippen LogP contribution in [0.4, 0.5) is 0 Å². The summed E-state index contributed by atoms with van der Waals surface area (Å²) in [7, 11) is 0. The van der Waals surface area contributed by atoms with Gasteiger partial charge in [-0.2, -0.15) is 0 Å². The molecule has 0 aliphatic rings. The van der Waals surface area contributed by atoms with Crippen LogP contribution in [-0.2, 0) is 0 Å². The van der Waals surface area contributed by atoms with E-state index in [0.717, 1.165) is 0 Å². The monoisotopic (exact) mass is 582 g/mol. The van der Waals surface area contributed by atoms with Gasteiger partial charge in [0.1, 0.15) is 0 Å². The van der Waals surface area contributed by atoms with Gasteiger partial charge >= 0.3 is 0 Å². The second kappa shape index (κ2) is 10.9. The smallest absolute Gasteiger partial charge is 0.00201 e. The van der Waals surface area contributed by atoms with Gasteiger partial charge in [-0.1, -0.05) is 164 Å². The van der Waals surface area contributed by atoms with Crippen LogP contribution in [0.2, 0.25) is 0 Å². The molecule has 0 saturated carbocycles. The molecule has 0 nitrogen and oxygen atoms in total. The second-order valence-corrected chi connectivity index (χ2v) is 12.1. The van der Waals surface area contributed by atoms with Crippen molar-refractivity contribution in [3.05, 3.63) is 182 Å². The summed E-state index contributed by atoms with van der Waals surface area (Å²) in [6.45, 7) is 0. The van der Waals surface area contributed by atoms with Crippen molar-refractivity contribution in [3.63, 3.8) is 0 Å². The van der Waals surface area contributed by atoms with Gasteiger partial charge < -0.3 is 0 Å². The molecule has 0 heterocycles. The zero-order chi connectivity index (χ0) is 30.5. The molecule has 0 aromatic heterocycles. The SMILES string of the molecule is c1ccc(-c2cccc(-c3ccc4cccc(-c5c6ccccc6c(-c6ccc7ccccc7c6)c6ccccc56)c4c3)c2)cc1. The van der Waals surface area contributed by atoms with Crippen LogP contribution in [0.5, 0.6) is 0 Å². The number of hydrogen-bond donors (Lipinski definition) is 0. The van der Waals surface area contributed by atoms with Gasteiger partial charge in [-0.3, -0.25) is 0 Å². The van der Waals surface area contributed by atoms with E-state index in [0.29, 0.717) is 0 Å². The molecule has 0 aliphatic carbocycles. The molecule has 9 aromatic rings. The lowest BCUT2D eigenvalue weighted by Crippen LogP contribution is -1.92. The molecule has 9 aromatic carbocycles. The van der Waals surface area contributed by atoms with Crippen LogP contribution < -0.4 is 0 Å². The Hall–Kier alpha value is -5.98. The Morgan fingerprint density at radius 2 is 0.717 bits per heavy atom. The van der Waals surface area contributed by atoms with Gasteiger partial charge in [0.2, 0.25) is 0 Å². The van der Waals surface area contributed by atoms with Crippen LogP contribution in [0.1, 0.15) is 0 Å². The van der Waals surface area contributed by atoms with Crippen LogP contribution in [0.25, 0.3) is 87.6 Å². The van der Waals surface area contributed by atoms with E-state index >= 15 is 0 Å². The summed E-state index contributed by atoms with van der Waals surface area (Å²) in [6, 6.07) is 66.6. The van der Waals surface area contributed by atoms with Gasteiger partial charge in [-0.15, -0.1) is 0 Å². The average molecular weight is 583 g/mol. The fourth-order valence-electron chi connectivity index (χ4n) is 7.25. The average Bonchev–Trinajstić information content (AvgIpc) is 3.13. The molecular weight excluding hydrogens is 553 g/mol. The van der Waals surface area contributed by atoms with Crippen LogP contribution in [0.15, 0.2) is 182 Å². The Balaban J connectivity index is 1.30. The van der Waals surface area contributed by atoms with Crippen molar-refractivity contribution in [1.82, 2.24) is 0 Å². The number of benzene rings is 9. The predicted molar refractivity (Wildman–Crippen MR) is 198 cm³/mol. The summed E-state index contributed by atoms with van der Waals surface area (Å²) < 4.78 is 0. The lowest BCUT2D eigenvalue weighted by atomic mass is 9.84.